The molecule has 0 amide bonds. The van der Waals surface area contributed by atoms with E-state index in [0.717, 1.165) is 18.5 Å². The average Bonchev–Trinajstić information content (AvgIpc) is 3.66. The van der Waals surface area contributed by atoms with Crippen molar-refractivity contribution < 1.29 is 0 Å². The first-order valence-electron chi connectivity index (χ1n) is 12.0. The summed E-state index contributed by atoms with van der Waals surface area (Å²) in [6.07, 6.45) is 3.55. The van der Waals surface area contributed by atoms with E-state index in [1.165, 1.54) is 46.4 Å². The van der Waals surface area contributed by atoms with Crippen molar-refractivity contribution in [1.29, 1.82) is 0 Å². The fourth-order valence-corrected chi connectivity index (χ4v) is 4.98. The van der Waals surface area contributed by atoms with Crippen LogP contribution >= 0.6 is 0 Å². The van der Waals surface area contributed by atoms with E-state index in [1.54, 1.807) is 0 Å². The molecule has 1 aliphatic rings. The number of benzene rings is 4. The van der Waals surface area contributed by atoms with E-state index in [0.29, 0.717) is 5.92 Å². The topological polar surface area (TPSA) is 17.8 Å². The van der Waals surface area contributed by atoms with Gasteiger partial charge >= 0.3 is 0 Å². The molecule has 33 heavy (non-hydrogen) atoms. The van der Waals surface area contributed by atoms with Gasteiger partial charge < -0.3 is 4.57 Å². The maximum Gasteiger partial charge on any atom is 0.113 e. The molecule has 0 radical (unpaired) electrons. The van der Waals surface area contributed by atoms with E-state index in [1.807, 2.05) is 0 Å². The molecule has 1 fully saturated rings. The van der Waals surface area contributed by atoms with Gasteiger partial charge in [-0.15, -0.1) is 0 Å². The Morgan fingerprint density at radius 1 is 0.697 bits per heavy atom. The lowest BCUT2D eigenvalue weighted by Gasteiger charge is -2.19. The van der Waals surface area contributed by atoms with Crippen LogP contribution in [0.2, 0.25) is 0 Å². The largest absolute Gasteiger partial charge is 0.327 e. The van der Waals surface area contributed by atoms with Crippen LogP contribution in [0.4, 0.5) is 0 Å². The monoisotopic (exact) mass is 428 g/mol. The van der Waals surface area contributed by atoms with Crippen molar-refractivity contribution in [2.24, 2.45) is 0 Å². The van der Waals surface area contributed by atoms with Gasteiger partial charge in [0, 0.05) is 18.4 Å². The lowest BCUT2D eigenvalue weighted by Crippen LogP contribution is -2.07. The number of fused-ring (bicyclic) bond motifs is 1. The molecule has 0 atom stereocenters. The molecule has 2 heteroatoms. The molecule has 0 N–H and O–H groups in total. The molecule has 0 bridgehead atoms. The number of nitrogens with zero attached hydrogens (tertiary/aromatic N) is 2. The summed E-state index contributed by atoms with van der Waals surface area (Å²) in [5.41, 5.74) is 7.73. The minimum atomic E-state index is 0.207. The van der Waals surface area contributed by atoms with Gasteiger partial charge in [-0.2, -0.15) is 0 Å². The van der Waals surface area contributed by atoms with E-state index in [-0.39, 0.29) is 5.92 Å². The second-order valence-corrected chi connectivity index (χ2v) is 9.13. The first-order valence-corrected chi connectivity index (χ1v) is 12.0. The normalized spacial score (nSPS) is 13.6. The number of rotatable bonds is 7. The van der Waals surface area contributed by atoms with Crippen LogP contribution in [0.15, 0.2) is 109 Å². The summed E-state index contributed by atoms with van der Waals surface area (Å²) in [5.74, 6) is 2.10. The number of imidazole rings is 1. The Bertz CT molecular complexity index is 1310. The van der Waals surface area contributed by atoms with Gasteiger partial charge in [0.25, 0.3) is 0 Å². The van der Waals surface area contributed by atoms with Crippen LogP contribution in [0.25, 0.3) is 11.0 Å². The summed E-state index contributed by atoms with van der Waals surface area (Å²) in [6.45, 7) is 0.969. The molecule has 2 nitrogen and oxygen atoms in total. The number of hydrogen-bond acceptors (Lipinski definition) is 1. The third-order valence-corrected chi connectivity index (χ3v) is 6.81. The Morgan fingerprint density at radius 2 is 1.30 bits per heavy atom. The third kappa shape index (κ3) is 4.09. The van der Waals surface area contributed by atoms with Crippen LogP contribution in [0, 0.1) is 0 Å². The summed E-state index contributed by atoms with van der Waals surface area (Å²) in [5, 5.41) is 0. The minimum Gasteiger partial charge on any atom is -0.327 e. The molecule has 1 saturated carbocycles. The van der Waals surface area contributed by atoms with E-state index in [4.69, 9.17) is 4.98 Å². The van der Waals surface area contributed by atoms with E-state index >= 15 is 0 Å². The molecular weight excluding hydrogens is 400 g/mol. The highest BCUT2D eigenvalue weighted by Crippen LogP contribution is 2.41. The molecule has 0 saturated heterocycles. The molecule has 0 spiro atoms. The van der Waals surface area contributed by atoms with Gasteiger partial charge in [0.15, 0.2) is 0 Å². The van der Waals surface area contributed by atoms with Crippen LogP contribution in [0.5, 0.6) is 0 Å². The van der Waals surface area contributed by atoms with Crippen LogP contribution in [-0.4, -0.2) is 9.55 Å². The SMILES string of the molecule is c1ccc(CCn2c(C3CC3)nc3ccc(C(c4ccccc4)c4ccccc4)cc32)cc1. The maximum atomic E-state index is 5.10. The van der Waals surface area contributed by atoms with Crippen molar-refractivity contribution in [3.05, 3.63) is 137 Å². The summed E-state index contributed by atoms with van der Waals surface area (Å²) < 4.78 is 2.50. The zero-order chi connectivity index (χ0) is 22.0. The van der Waals surface area contributed by atoms with Crippen molar-refractivity contribution >= 4 is 11.0 Å². The third-order valence-electron chi connectivity index (χ3n) is 6.81. The van der Waals surface area contributed by atoms with Gasteiger partial charge in [-0.05, 0) is 53.6 Å². The van der Waals surface area contributed by atoms with E-state index in [2.05, 4.69) is 114 Å². The molecule has 4 aromatic carbocycles. The van der Waals surface area contributed by atoms with Gasteiger partial charge in [-0.1, -0.05) is 97.1 Å². The van der Waals surface area contributed by atoms with Gasteiger partial charge in [-0.3, -0.25) is 0 Å². The fraction of sp³-hybridized carbons (Fsp3) is 0.194. The zero-order valence-electron chi connectivity index (χ0n) is 18.8. The molecule has 1 aliphatic carbocycles. The van der Waals surface area contributed by atoms with Crippen LogP contribution in [0.3, 0.4) is 0 Å². The summed E-state index contributed by atoms with van der Waals surface area (Å²) >= 11 is 0. The minimum absolute atomic E-state index is 0.207. The predicted octanol–water partition coefficient (Wildman–Crippen LogP) is 7.34. The molecule has 0 unspecified atom stereocenters. The highest BCUT2D eigenvalue weighted by molar-refractivity contribution is 5.78. The summed E-state index contributed by atoms with van der Waals surface area (Å²) in [7, 11) is 0. The standard InChI is InChI=1S/C31H28N2/c1-4-10-23(11-5-1)20-21-33-29-22-27(18-19-28(29)32-31(33)26-16-17-26)30(24-12-6-2-7-13-24)25-14-8-3-9-15-25/h1-15,18-19,22,26,30H,16-17,20-21H2. The van der Waals surface area contributed by atoms with E-state index in [9.17, 15) is 0 Å². The zero-order valence-corrected chi connectivity index (χ0v) is 18.8. The lowest BCUT2D eigenvalue weighted by atomic mass is 9.85. The van der Waals surface area contributed by atoms with Crippen LogP contribution in [-0.2, 0) is 13.0 Å². The second-order valence-electron chi connectivity index (χ2n) is 9.13. The van der Waals surface area contributed by atoms with Crippen molar-refractivity contribution in [2.45, 2.75) is 37.6 Å². The Kier molecular flexibility index (Phi) is 5.28. The second kappa shape index (κ2) is 8.71. The number of aromatic nitrogens is 2. The Hall–Kier alpha value is -3.65. The Balaban J connectivity index is 1.45. The van der Waals surface area contributed by atoms with Crippen molar-refractivity contribution in [3.8, 4) is 0 Å². The smallest absolute Gasteiger partial charge is 0.113 e. The van der Waals surface area contributed by atoms with Gasteiger partial charge in [0.1, 0.15) is 5.82 Å². The molecule has 162 valence electrons. The van der Waals surface area contributed by atoms with Gasteiger partial charge in [0.05, 0.1) is 11.0 Å². The predicted molar refractivity (Wildman–Crippen MR) is 136 cm³/mol. The summed E-state index contributed by atoms with van der Waals surface area (Å²) in [6, 6.07) is 39.4. The number of hydrogen-bond donors (Lipinski definition) is 0. The number of aryl methyl sites for hydroxylation is 2. The van der Waals surface area contributed by atoms with Gasteiger partial charge in [-0.25, -0.2) is 4.98 Å². The molecule has 0 aliphatic heterocycles. The molecular formula is C31H28N2. The van der Waals surface area contributed by atoms with Crippen LogP contribution in [0.1, 0.15) is 52.8 Å². The highest BCUT2D eigenvalue weighted by atomic mass is 15.1. The van der Waals surface area contributed by atoms with Crippen LogP contribution < -0.4 is 0 Å². The summed E-state index contributed by atoms with van der Waals surface area (Å²) in [4.78, 5) is 5.10. The van der Waals surface area contributed by atoms with Crippen molar-refractivity contribution in [3.63, 3.8) is 0 Å². The fourth-order valence-electron chi connectivity index (χ4n) is 4.98. The van der Waals surface area contributed by atoms with E-state index < -0.39 is 0 Å². The van der Waals surface area contributed by atoms with Crippen molar-refractivity contribution in [1.82, 2.24) is 9.55 Å². The van der Waals surface area contributed by atoms with Gasteiger partial charge in [0.2, 0.25) is 0 Å². The quantitative estimate of drug-likeness (QED) is 0.248. The Morgan fingerprint density at radius 3 is 1.91 bits per heavy atom. The highest BCUT2D eigenvalue weighted by Gasteiger charge is 2.30. The molecule has 6 rings (SSSR count). The molecule has 1 heterocycles. The maximum absolute atomic E-state index is 5.10. The Labute approximate surface area is 195 Å². The average molecular weight is 429 g/mol. The van der Waals surface area contributed by atoms with Crippen molar-refractivity contribution in [2.75, 3.05) is 0 Å². The molecule has 1 aromatic heterocycles. The lowest BCUT2D eigenvalue weighted by molar-refractivity contribution is 0.670. The first kappa shape index (κ1) is 20.0. The first-order chi connectivity index (χ1) is 16.4. The molecule has 5 aromatic rings.